The molecule has 1 heterocycles. The van der Waals surface area contributed by atoms with Crippen molar-refractivity contribution >= 4 is 22.9 Å². The van der Waals surface area contributed by atoms with Crippen molar-refractivity contribution in [2.24, 2.45) is 0 Å². The van der Waals surface area contributed by atoms with Crippen molar-refractivity contribution in [1.29, 1.82) is 0 Å². The first-order valence-electron chi connectivity index (χ1n) is 4.65. The Balaban J connectivity index is 2.45. The SMILES string of the molecule is CNCc1ncsc1-c1ccccc1Cl. The van der Waals surface area contributed by atoms with Crippen LogP contribution < -0.4 is 5.32 Å². The number of thiazole rings is 1. The maximum atomic E-state index is 6.15. The van der Waals surface area contributed by atoms with E-state index in [-0.39, 0.29) is 0 Å². The van der Waals surface area contributed by atoms with Crippen molar-refractivity contribution in [3.05, 3.63) is 40.5 Å². The average Bonchev–Trinajstić information content (AvgIpc) is 2.67. The van der Waals surface area contributed by atoms with Crippen molar-refractivity contribution in [2.75, 3.05) is 7.05 Å². The molecule has 1 aromatic heterocycles. The summed E-state index contributed by atoms with van der Waals surface area (Å²) in [5.41, 5.74) is 3.97. The second-order valence-corrected chi connectivity index (χ2v) is 4.40. The van der Waals surface area contributed by atoms with Gasteiger partial charge in [-0.15, -0.1) is 11.3 Å². The first-order chi connectivity index (χ1) is 7.33. The smallest absolute Gasteiger partial charge is 0.0802 e. The molecule has 2 nitrogen and oxygen atoms in total. The highest BCUT2D eigenvalue weighted by Crippen LogP contribution is 2.32. The van der Waals surface area contributed by atoms with Crippen LogP contribution in [0.3, 0.4) is 0 Å². The van der Waals surface area contributed by atoms with Gasteiger partial charge in [-0.1, -0.05) is 29.8 Å². The minimum Gasteiger partial charge on any atom is -0.314 e. The first-order valence-corrected chi connectivity index (χ1v) is 5.90. The van der Waals surface area contributed by atoms with Crippen molar-refractivity contribution in [1.82, 2.24) is 10.3 Å². The van der Waals surface area contributed by atoms with Crippen LogP contribution in [0.4, 0.5) is 0 Å². The lowest BCUT2D eigenvalue weighted by Crippen LogP contribution is -2.06. The third kappa shape index (κ3) is 2.20. The Morgan fingerprint density at radius 3 is 2.93 bits per heavy atom. The normalized spacial score (nSPS) is 10.5. The van der Waals surface area contributed by atoms with Crippen LogP contribution in [0.5, 0.6) is 0 Å². The van der Waals surface area contributed by atoms with Crippen LogP contribution in [-0.2, 0) is 6.54 Å². The molecule has 0 bridgehead atoms. The predicted octanol–water partition coefficient (Wildman–Crippen LogP) is 3.18. The summed E-state index contributed by atoms with van der Waals surface area (Å²) in [5.74, 6) is 0. The largest absolute Gasteiger partial charge is 0.314 e. The Labute approximate surface area is 97.9 Å². The highest BCUT2D eigenvalue weighted by Gasteiger charge is 2.10. The summed E-state index contributed by atoms with van der Waals surface area (Å²) < 4.78 is 0. The zero-order valence-corrected chi connectivity index (χ0v) is 9.90. The molecule has 1 aromatic carbocycles. The van der Waals surface area contributed by atoms with E-state index in [1.165, 1.54) is 0 Å². The standard InChI is InChI=1S/C11H11ClN2S/c1-13-6-10-11(15-7-14-10)8-4-2-3-5-9(8)12/h2-5,7,13H,6H2,1H3. The van der Waals surface area contributed by atoms with E-state index in [1.54, 1.807) is 11.3 Å². The van der Waals surface area contributed by atoms with Crippen LogP contribution >= 0.6 is 22.9 Å². The minimum atomic E-state index is 0.768. The van der Waals surface area contributed by atoms with Crippen molar-refractivity contribution in [2.45, 2.75) is 6.54 Å². The fourth-order valence-corrected chi connectivity index (χ4v) is 2.56. The molecule has 4 heteroatoms. The second-order valence-electron chi connectivity index (χ2n) is 3.14. The highest BCUT2D eigenvalue weighted by molar-refractivity contribution is 7.13. The van der Waals surface area contributed by atoms with Crippen molar-refractivity contribution < 1.29 is 0 Å². The average molecular weight is 239 g/mol. The maximum absolute atomic E-state index is 6.15. The summed E-state index contributed by atoms with van der Waals surface area (Å²) in [4.78, 5) is 5.47. The summed E-state index contributed by atoms with van der Waals surface area (Å²) in [6.07, 6.45) is 0. The van der Waals surface area contributed by atoms with Crippen LogP contribution in [0.2, 0.25) is 5.02 Å². The third-order valence-corrected chi connectivity index (χ3v) is 3.34. The number of aromatic nitrogens is 1. The van der Waals surface area contributed by atoms with E-state index in [2.05, 4.69) is 10.3 Å². The van der Waals surface area contributed by atoms with Gasteiger partial charge in [-0.3, -0.25) is 0 Å². The molecule has 0 atom stereocenters. The van der Waals surface area contributed by atoms with Crippen LogP contribution in [0.15, 0.2) is 29.8 Å². The highest BCUT2D eigenvalue weighted by atomic mass is 35.5. The van der Waals surface area contributed by atoms with E-state index in [1.807, 2.05) is 36.8 Å². The number of nitrogens with zero attached hydrogens (tertiary/aromatic N) is 1. The van der Waals surface area contributed by atoms with Crippen LogP contribution in [0, 0.1) is 0 Å². The van der Waals surface area contributed by atoms with Gasteiger partial charge < -0.3 is 5.32 Å². The molecule has 0 aliphatic heterocycles. The van der Waals surface area contributed by atoms with Gasteiger partial charge in [0.2, 0.25) is 0 Å². The first kappa shape index (κ1) is 10.6. The van der Waals surface area contributed by atoms with Gasteiger partial charge in [-0.25, -0.2) is 4.98 Å². The van der Waals surface area contributed by atoms with E-state index in [4.69, 9.17) is 11.6 Å². The zero-order chi connectivity index (χ0) is 10.7. The van der Waals surface area contributed by atoms with Crippen molar-refractivity contribution in [3.8, 4) is 10.4 Å². The molecule has 0 spiro atoms. The van der Waals surface area contributed by atoms with E-state index < -0.39 is 0 Å². The lowest BCUT2D eigenvalue weighted by atomic mass is 10.1. The van der Waals surface area contributed by atoms with Gasteiger partial charge >= 0.3 is 0 Å². The maximum Gasteiger partial charge on any atom is 0.0802 e. The Morgan fingerprint density at radius 1 is 1.40 bits per heavy atom. The second kappa shape index (κ2) is 4.75. The number of rotatable bonds is 3. The molecule has 0 amide bonds. The molecule has 0 radical (unpaired) electrons. The number of hydrogen-bond donors (Lipinski definition) is 1. The summed E-state index contributed by atoms with van der Waals surface area (Å²) >= 11 is 7.77. The number of benzene rings is 1. The molecular weight excluding hydrogens is 228 g/mol. The predicted molar refractivity (Wildman–Crippen MR) is 65.3 cm³/mol. The van der Waals surface area contributed by atoms with E-state index >= 15 is 0 Å². The summed E-state index contributed by atoms with van der Waals surface area (Å²) in [5, 5.41) is 3.88. The molecule has 0 saturated carbocycles. The van der Waals surface area contributed by atoms with E-state index in [0.717, 1.165) is 27.7 Å². The van der Waals surface area contributed by atoms with Gasteiger partial charge in [0, 0.05) is 17.1 Å². The zero-order valence-electron chi connectivity index (χ0n) is 8.33. The lowest BCUT2D eigenvalue weighted by Gasteiger charge is -2.03. The van der Waals surface area contributed by atoms with Gasteiger partial charge in [-0.05, 0) is 13.1 Å². The fraction of sp³-hybridized carbons (Fsp3) is 0.182. The van der Waals surface area contributed by atoms with Crippen molar-refractivity contribution in [3.63, 3.8) is 0 Å². The molecule has 0 unspecified atom stereocenters. The Kier molecular flexibility index (Phi) is 3.36. The Hall–Kier alpha value is -0.900. The molecule has 2 rings (SSSR count). The molecule has 0 saturated heterocycles. The van der Waals surface area contributed by atoms with Crippen LogP contribution in [0.25, 0.3) is 10.4 Å². The van der Waals surface area contributed by atoms with Gasteiger partial charge in [0.05, 0.1) is 16.1 Å². The molecule has 1 N–H and O–H groups in total. The molecule has 0 aliphatic rings. The Morgan fingerprint density at radius 2 is 2.20 bits per heavy atom. The summed E-state index contributed by atoms with van der Waals surface area (Å²) in [6, 6.07) is 7.85. The number of hydrogen-bond acceptors (Lipinski definition) is 3. The van der Waals surface area contributed by atoms with E-state index in [0.29, 0.717) is 0 Å². The van der Waals surface area contributed by atoms with Gasteiger partial charge in [0.1, 0.15) is 0 Å². The van der Waals surface area contributed by atoms with Gasteiger partial charge in [0.15, 0.2) is 0 Å². The molecule has 0 aliphatic carbocycles. The topological polar surface area (TPSA) is 24.9 Å². The quantitative estimate of drug-likeness (QED) is 0.889. The fourth-order valence-electron chi connectivity index (χ4n) is 1.43. The summed E-state index contributed by atoms with van der Waals surface area (Å²) in [6.45, 7) is 0.768. The monoisotopic (exact) mass is 238 g/mol. The van der Waals surface area contributed by atoms with Gasteiger partial charge in [0.25, 0.3) is 0 Å². The molecule has 0 fully saturated rings. The molecule has 78 valence electrons. The lowest BCUT2D eigenvalue weighted by molar-refractivity contribution is 0.799. The van der Waals surface area contributed by atoms with Crippen LogP contribution in [0.1, 0.15) is 5.69 Å². The number of halogens is 1. The minimum absolute atomic E-state index is 0.768. The third-order valence-electron chi connectivity index (χ3n) is 2.10. The number of nitrogens with one attached hydrogen (secondary N) is 1. The Bertz CT molecular complexity index is 453. The molecular formula is C11H11ClN2S. The summed E-state index contributed by atoms with van der Waals surface area (Å²) in [7, 11) is 1.91. The molecule has 2 aromatic rings. The van der Waals surface area contributed by atoms with Crippen LogP contribution in [-0.4, -0.2) is 12.0 Å². The van der Waals surface area contributed by atoms with Gasteiger partial charge in [-0.2, -0.15) is 0 Å². The molecule has 15 heavy (non-hydrogen) atoms. The van der Waals surface area contributed by atoms with E-state index in [9.17, 15) is 0 Å².